The Morgan fingerprint density at radius 3 is 2.12 bits per heavy atom. The molecule has 0 bridgehead atoms. The van der Waals surface area contributed by atoms with Gasteiger partial charge in [-0.3, -0.25) is 4.79 Å². The fourth-order valence-electron chi connectivity index (χ4n) is 8.52. The van der Waals surface area contributed by atoms with Crippen molar-refractivity contribution in [3.05, 3.63) is 0 Å². The van der Waals surface area contributed by atoms with Crippen LogP contribution in [0.25, 0.3) is 0 Å². The number of aliphatic hydroxyl groups is 5. The van der Waals surface area contributed by atoms with Crippen molar-refractivity contribution < 1.29 is 73.1 Å². The van der Waals surface area contributed by atoms with Crippen LogP contribution in [0.3, 0.4) is 0 Å². The van der Waals surface area contributed by atoms with Gasteiger partial charge in [-0.15, -0.1) is 0 Å². The van der Waals surface area contributed by atoms with E-state index in [1.165, 1.54) is 21.0 Å². The van der Waals surface area contributed by atoms with Crippen LogP contribution in [0.2, 0.25) is 0 Å². The van der Waals surface area contributed by atoms with Gasteiger partial charge in [0.05, 0.1) is 66.6 Å². The van der Waals surface area contributed by atoms with Crippen molar-refractivity contribution in [2.45, 2.75) is 173 Å². The predicted molar refractivity (Wildman–Crippen MR) is 208 cm³/mol. The van der Waals surface area contributed by atoms with E-state index in [1.54, 1.807) is 55.6 Å². The number of hydrogen-bond donors (Lipinski definition) is 5. The van der Waals surface area contributed by atoms with E-state index < -0.39 is 102 Å². The molecule has 5 unspecified atom stereocenters. The molecule has 0 aliphatic carbocycles. The second kappa shape index (κ2) is 20.8. The molecule has 0 aromatic carbocycles. The molecule has 18 atom stereocenters. The lowest BCUT2D eigenvalue weighted by atomic mass is 9.74. The molecular weight excluding hydrogens is 748 g/mol. The van der Waals surface area contributed by atoms with E-state index in [1.807, 2.05) is 25.9 Å². The van der Waals surface area contributed by atoms with E-state index >= 15 is 0 Å². The van der Waals surface area contributed by atoms with Crippen LogP contribution in [0.5, 0.6) is 0 Å². The highest BCUT2D eigenvalue weighted by Gasteiger charge is 2.53. The minimum atomic E-state index is -1.98. The lowest BCUT2D eigenvalue weighted by Gasteiger charge is -2.49. The Morgan fingerprint density at radius 1 is 0.877 bits per heavy atom. The molecule has 0 saturated carbocycles. The number of hydrogen-bond acceptors (Lipinski definition) is 17. The molecule has 3 fully saturated rings. The molecule has 57 heavy (non-hydrogen) atoms. The Bertz CT molecular complexity index is 1290. The first-order valence-corrected chi connectivity index (χ1v) is 20.2. The summed E-state index contributed by atoms with van der Waals surface area (Å²) in [6.45, 7) is 17.0. The largest absolute Gasteiger partial charge is 0.459 e. The number of aliphatic hydroxyl groups excluding tert-OH is 3. The van der Waals surface area contributed by atoms with Crippen LogP contribution in [-0.2, 0) is 47.5 Å². The number of oxime groups is 1. The number of likely N-dealkylation sites (N-methyl/N-ethyl adjacent to an activating group) is 1. The molecule has 5 N–H and O–H groups in total. The summed E-state index contributed by atoms with van der Waals surface area (Å²) in [6, 6.07) is -0.328. The van der Waals surface area contributed by atoms with E-state index in [-0.39, 0.29) is 38.4 Å². The lowest BCUT2D eigenvalue weighted by molar-refractivity contribution is -0.317. The maximum Gasteiger partial charge on any atom is 0.311 e. The van der Waals surface area contributed by atoms with Gasteiger partial charge in [0.25, 0.3) is 0 Å². The molecule has 0 aromatic rings. The Labute approximate surface area is 339 Å². The monoisotopic (exact) mass is 823 g/mol. The number of cyclic esters (lactones) is 1. The normalized spacial score (nSPS) is 46.4. The summed E-state index contributed by atoms with van der Waals surface area (Å²) < 4.78 is 47.8. The highest BCUT2D eigenvalue weighted by Crippen LogP contribution is 2.40. The second-order valence-corrected chi connectivity index (χ2v) is 17.5. The van der Waals surface area contributed by atoms with Gasteiger partial charge in [0.15, 0.2) is 12.6 Å². The summed E-state index contributed by atoms with van der Waals surface area (Å²) in [6.07, 6.45) is -9.70. The molecule has 3 rings (SSSR count). The summed E-state index contributed by atoms with van der Waals surface area (Å²) in [5.41, 5.74) is -4.51. The Balaban J connectivity index is 2.19. The first-order chi connectivity index (χ1) is 26.4. The van der Waals surface area contributed by atoms with Crippen LogP contribution < -0.4 is 0 Å². The van der Waals surface area contributed by atoms with Gasteiger partial charge in [-0.1, -0.05) is 25.9 Å². The number of nitrogens with zero attached hydrogens (tertiary/aromatic N) is 2. The zero-order valence-corrected chi connectivity index (χ0v) is 36.6. The van der Waals surface area contributed by atoms with Gasteiger partial charge in [-0.25, -0.2) is 0 Å². The number of ether oxygens (including phenoxy) is 8. The minimum Gasteiger partial charge on any atom is -0.459 e. The fraction of sp³-hybridized carbons (Fsp3) is 0.950. The second-order valence-electron chi connectivity index (χ2n) is 17.5. The van der Waals surface area contributed by atoms with Crippen molar-refractivity contribution >= 4 is 11.7 Å². The molecule has 0 aromatic heterocycles. The summed E-state index contributed by atoms with van der Waals surface area (Å²) >= 11 is 0. The number of esters is 1. The summed E-state index contributed by atoms with van der Waals surface area (Å²) in [5.74, 6) is -4.16. The summed E-state index contributed by atoms with van der Waals surface area (Å²) in [4.78, 5) is 21.6. The van der Waals surface area contributed by atoms with Crippen molar-refractivity contribution in [2.75, 3.05) is 48.3 Å². The van der Waals surface area contributed by atoms with Gasteiger partial charge in [0.1, 0.15) is 23.9 Å². The maximum absolute atomic E-state index is 14.2. The van der Waals surface area contributed by atoms with E-state index in [0.717, 1.165) is 0 Å². The van der Waals surface area contributed by atoms with E-state index in [0.29, 0.717) is 18.7 Å². The maximum atomic E-state index is 14.2. The van der Waals surface area contributed by atoms with Crippen LogP contribution in [0.1, 0.15) is 88.5 Å². The number of carbonyl (C=O) groups is 1. The van der Waals surface area contributed by atoms with E-state index in [9.17, 15) is 30.3 Å². The zero-order valence-electron chi connectivity index (χ0n) is 36.6. The third-order valence-corrected chi connectivity index (χ3v) is 12.4. The van der Waals surface area contributed by atoms with Crippen molar-refractivity contribution in [2.24, 2.45) is 28.8 Å². The van der Waals surface area contributed by atoms with Crippen LogP contribution in [0.15, 0.2) is 5.16 Å². The van der Waals surface area contributed by atoms with Crippen LogP contribution in [-0.4, -0.2) is 175 Å². The van der Waals surface area contributed by atoms with Gasteiger partial charge in [-0.2, -0.15) is 0 Å². The predicted octanol–water partition coefficient (Wildman–Crippen LogP) is 1.82. The van der Waals surface area contributed by atoms with Crippen LogP contribution in [0, 0.1) is 23.7 Å². The van der Waals surface area contributed by atoms with Crippen molar-refractivity contribution in [3.63, 3.8) is 0 Å². The first kappa shape index (κ1) is 49.8. The van der Waals surface area contributed by atoms with E-state index in [2.05, 4.69) is 5.16 Å². The van der Waals surface area contributed by atoms with Gasteiger partial charge in [0.2, 0.25) is 6.79 Å². The fourth-order valence-corrected chi connectivity index (χ4v) is 8.52. The molecule has 3 aliphatic rings. The molecule has 3 saturated heterocycles. The average molecular weight is 823 g/mol. The number of methoxy groups -OCH3 is 2. The highest BCUT2D eigenvalue weighted by molar-refractivity contribution is 5.88. The van der Waals surface area contributed by atoms with Crippen molar-refractivity contribution in [1.29, 1.82) is 0 Å². The molecule has 0 radical (unpaired) electrons. The van der Waals surface area contributed by atoms with Crippen molar-refractivity contribution in [3.8, 4) is 0 Å². The average Bonchev–Trinajstić information content (AvgIpc) is 3.13. The SMILES string of the molecule is COCCOCO/N=C1\[C@H](C)C[C@@](C)(O)[C@H](O[C@@H]2OC(C)CC(N(C)C)C2O)[C@@H](C)[C@H](O[C@H]2CC(C)(OC)[C@@H](O)C(C)O2)[C@@H](C)C(=O)O[C@H](C)[C@@](C)(O)[C@H](O)[C@H]1C. The van der Waals surface area contributed by atoms with Crippen LogP contribution >= 0.6 is 0 Å². The molecule has 17 nitrogen and oxygen atoms in total. The van der Waals surface area contributed by atoms with Gasteiger partial charge < -0.3 is 73.2 Å². The molecule has 17 heteroatoms. The van der Waals surface area contributed by atoms with Gasteiger partial charge in [-0.05, 0) is 75.4 Å². The van der Waals surface area contributed by atoms with E-state index in [4.69, 9.17) is 42.7 Å². The number of rotatable bonds is 12. The number of carbonyl (C=O) groups excluding carboxylic acids is 1. The molecule has 3 aliphatic heterocycles. The topological polar surface area (TPSA) is 217 Å². The zero-order chi connectivity index (χ0) is 43.2. The van der Waals surface area contributed by atoms with Gasteiger partial charge >= 0.3 is 5.97 Å². The standard InChI is InChI=1S/C40H74N2O15/c1-21-18-38(8,47)35(57-37-31(43)28(42(11)12)17-22(2)53-37)24(4)32(56-29-19-39(9,50-14)34(45)26(6)54-29)25(5)36(46)55-27(7)40(10,48)33(44)23(3)30(21)41-52-20-51-16-15-49-13/h21-29,31-35,37,43-45,47-48H,15-20H2,1-14H3/b41-30+/t21-,22?,23+,24+,25-,26?,27-,28?,29+,31?,32+,33-,34+,35-,37+,38-,39?,40-/m1/s1. The lowest BCUT2D eigenvalue weighted by Crippen LogP contribution is -2.61. The third-order valence-electron chi connectivity index (χ3n) is 12.4. The first-order valence-electron chi connectivity index (χ1n) is 20.2. The molecular formula is C40H74N2O15. The molecule has 0 spiro atoms. The smallest absolute Gasteiger partial charge is 0.311 e. The van der Waals surface area contributed by atoms with Gasteiger partial charge in [0, 0.05) is 44.4 Å². The molecule has 3 heterocycles. The van der Waals surface area contributed by atoms with Crippen molar-refractivity contribution in [1.82, 2.24) is 4.90 Å². The Morgan fingerprint density at radius 2 is 1.53 bits per heavy atom. The molecule has 334 valence electrons. The third kappa shape index (κ3) is 12.0. The summed E-state index contributed by atoms with van der Waals surface area (Å²) in [7, 11) is 6.75. The Kier molecular flexibility index (Phi) is 18.2. The Hall–Kier alpha value is -1.58. The highest BCUT2D eigenvalue weighted by atomic mass is 16.7. The molecule has 0 amide bonds. The minimum absolute atomic E-state index is 0.0323. The van der Waals surface area contributed by atoms with Crippen LogP contribution in [0.4, 0.5) is 0 Å². The quantitative estimate of drug-likeness (QED) is 0.0821. The summed E-state index contributed by atoms with van der Waals surface area (Å²) in [5, 5.41) is 63.1.